The van der Waals surface area contributed by atoms with E-state index < -0.39 is 18.6 Å². The largest absolute Gasteiger partial charge is 0.406 e. The number of rotatable bonds is 6. The molecule has 0 aromatic carbocycles. The van der Waals surface area contributed by atoms with Crippen LogP contribution >= 0.6 is 11.8 Å². The van der Waals surface area contributed by atoms with Crippen molar-refractivity contribution >= 4 is 17.7 Å². The Balaban J connectivity index is 3.80. The zero-order chi connectivity index (χ0) is 12.8. The number of carbonyl (C=O) groups is 1. The van der Waals surface area contributed by atoms with Crippen molar-refractivity contribution in [3.63, 3.8) is 0 Å². The second kappa shape index (κ2) is 7.01. The van der Waals surface area contributed by atoms with Gasteiger partial charge >= 0.3 is 6.18 Å². The normalized spacial score (nSPS) is 13.6. The summed E-state index contributed by atoms with van der Waals surface area (Å²) in [5.41, 5.74) is 0. The summed E-state index contributed by atoms with van der Waals surface area (Å²) in [5.74, 6) is 0.0668. The highest BCUT2D eigenvalue weighted by Gasteiger charge is 2.30. The summed E-state index contributed by atoms with van der Waals surface area (Å²) in [6.45, 7) is 0.596. The summed E-state index contributed by atoms with van der Waals surface area (Å²) in [5, 5.41) is 8.70. The minimum atomic E-state index is -4.35. The van der Waals surface area contributed by atoms with Crippen molar-refractivity contribution < 1.29 is 23.1 Å². The molecular formula is C9H16F3NO2S. The molecule has 0 aromatic heterocycles. The third kappa shape index (κ3) is 7.81. The van der Waals surface area contributed by atoms with E-state index >= 15 is 0 Å². The van der Waals surface area contributed by atoms with Gasteiger partial charge in [-0.15, -0.1) is 0 Å². The molecule has 0 bridgehead atoms. The van der Waals surface area contributed by atoms with Crippen molar-refractivity contribution in [3.05, 3.63) is 0 Å². The number of amides is 1. The van der Waals surface area contributed by atoms with Crippen LogP contribution in [0.15, 0.2) is 0 Å². The smallest absolute Gasteiger partial charge is 0.396 e. The van der Waals surface area contributed by atoms with Crippen LogP contribution in [-0.2, 0) is 4.79 Å². The van der Waals surface area contributed by atoms with E-state index in [1.807, 2.05) is 0 Å². The molecule has 3 nitrogen and oxygen atoms in total. The van der Waals surface area contributed by atoms with Gasteiger partial charge in [0.2, 0.25) is 5.91 Å². The lowest BCUT2D eigenvalue weighted by Gasteiger charge is -2.18. The van der Waals surface area contributed by atoms with Gasteiger partial charge in [-0.05, 0) is 11.7 Å². The molecule has 0 saturated heterocycles. The number of halogens is 3. The van der Waals surface area contributed by atoms with Crippen molar-refractivity contribution in [1.29, 1.82) is 0 Å². The molecule has 0 aromatic rings. The Morgan fingerprint density at radius 3 is 2.50 bits per heavy atom. The van der Waals surface area contributed by atoms with Gasteiger partial charge < -0.3 is 10.0 Å². The Kier molecular flexibility index (Phi) is 6.82. The first kappa shape index (κ1) is 15.6. The highest BCUT2D eigenvalue weighted by Crippen LogP contribution is 2.16. The van der Waals surface area contributed by atoms with Gasteiger partial charge in [-0.25, -0.2) is 0 Å². The molecule has 0 heterocycles. The Hall–Kier alpha value is -0.430. The zero-order valence-corrected chi connectivity index (χ0v) is 10.1. The Labute approximate surface area is 97.0 Å². The van der Waals surface area contributed by atoms with Crippen LogP contribution in [0.25, 0.3) is 0 Å². The third-order valence-corrected chi connectivity index (χ3v) is 3.04. The van der Waals surface area contributed by atoms with E-state index in [0.717, 1.165) is 7.05 Å². The van der Waals surface area contributed by atoms with Crippen LogP contribution in [0.4, 0.5) is 13.2 Å². The molecule has 1 amide bonds. The Morgan fingerprint density at radius 1 is 1.50 bits per heavy atom. The van der Waals surface area contributed by atoms with E-state index in [4.69, 9.17) is 5.11 Å². The lowest BCUT2D eigenvalue weighted by Crippen LogP contribution is -2.36. The SMILES string of the molecule is CC(CO)CSCC(=O)N(C)CC(F)(F)F. The fourth-order valence-corrected chi connectivity index (χ4v) is 1.89. The maximum Gasteiger partial charge on any atom is 0.406 e. The number of thioether (sulfide) groups is 1. The molecule has 0 aliphatic heterocycles. The maximum atomic E-state index is 11.9. The molecule has 0 rings (SSSR count). The van der Waals surface area contributed by atoms with Crippen LogP contribution in [-0.4, -0.2) is 53.8 Å². The zero-order valence-electron chi connectivity index (χ0n) is 9.25. The van der Waals surface area contributed by atoms with E-state index in [0.29, 0.717) is 10.7 Å². The van der Waals surface area contributed by atoms with E-state index in [9.17, 15) is 18.0 Å². The number of aliphatic hydroxyl groups excluding tert-OH is 1. The number of hydrogen-bond acceptors (Lipinski definition) is 3. The molecule has 1 atom stereocenters. The summed E-state index contributed by atoms with van der Waals surface area (Å²) in [7, 11) is 1.13. The summed E-state index contributed by atoms with van der Waals surface area (Å²) in [6, 6.07) is 0. The number of nitrogens with zero attached hydrogens (tertiary/aromatic N) is 1. The van der Waals surface area contributed by atoms with Crippen LogP contribution in [0, 0.1) is 5.92 Å². The number of aliphatic hydroxyl groups is 1. The van der Waals surface area contributed by atoms with Crippen LogP contribution in [0.3, 0.4) is 0 Å². The fraction of sp³-hybridized carbons (Fsp3) is 0.889. The molecule has 0 aliphatic rings. The minimum absolute atomic E-state index is 0.0108. The second-order valence-electron chi connectivity index (χ2n) is 3.67. The molecule has 0 fully saturated rings. The van der Waals surface area contributed by atoms with Crippen molar-refractivity contribution in [1.82, 2.24) is 4.90 Å². The number of hydrogen-bond donors (Lipinski definition) is 1. The predicted octanol–water partition coefficient (Wildman–Crippen LogP) is 1.37. The Morgan fingerprint density at radius 2 is 2.06 bits per heavy atom. The van der Waals surface area contributed by atoms with E-state index in [-0.39, 0.29) is 18.3 Å². The van der Waals surface area contributed by atoms with Gasteiger partial charge in [0.05, 0.1) is 5.75 Å². The predicted molar refractivity (Wildman–Crippen MR) is 57.3 cm³/mol. The summed E-state index contributed by atoms with van der Waals surface area (Å²) in [4.78, 5) is 11.9. The standard InChI is InChI=1S/C9H16F3NO2S/c1-7(3-14)4-16-5-8(15)13(2)6-9(10,11)12/h7,14H,3-6H2,1-2H3. The molecule has 1 unspecified atom stereocenters. The van der Waals surface area contributed by atoms with Gasteiger partial charge in [-0.2, -0.15) is 24.9 Å². The number of carbonyl (C=O) groups excluding carboxylic acids is 1. The van der Waals surface area contributed by atoms with Gasteiger partial charge in [0.1, 0.15) is 6.54 Å². The second-order valence-corrected chi connectivity index (χ2v) is 4.70. The molecule has 1 N–H and O–H groups in total. The first-order chi connectivity index (χ1) is 7.26. The van der Waals surface area contributed by atoms with Crippen LogP contribution in [0.5, 0.6) is 0 Å². The minimum Gasteiger partial charge on any atom is -0.396 e. The van der Waals surface area contributed by atoms with Crippen molar-refractivity contribution in [2.75, 3.05) is 31.7 Å². The molecule has 0 aliphatic carbocycles. The summed E-state index contributed by atoms with van der Waals surface area (Å²) < 4.78 is 35.8. The molecule has 0 spiro atoms. The van der Waals surface area contributed by atoms with Gasteiger partial charge in [0.15, 0.2) is 0 Å². The number of alkyl halides is 3. The third-order valence-electron chi connectivity index (χ3n) is 1.78. The topological polar surface area (TPSA) is 40.5 Å². The molecular weight excluding hydrogens is 243 g/mol. The van der Waals surface area contributed by atoms with Gasteiger partial charge in [0.25, 0.3) is 0 Å². The van der Waals surface area contributed by atoms with Crippen LogP contribution < -0.4 is 0 Å². The van der Waals surface area contributed by atoms with E-state index in [2.05, 4.69) is 0 Å². The molecule has 0 radical (unpaired) electrons. The fourth-order valence-electron chi connectivity index (χ4n) is 0.867. The van der Waals surface area contributed by atoms with Gasteiger partial charge in [0, 0.05) is 13.7 Å². The lowest BCUT2D eigenvalue weighted by atomic mass is 10.2. The van der Waals surface area contributed by atoms with Crippen molar-refractivity contribution in [3.8, 4) is 0 Å². The Bertz CT molecular complexity index is 223. The molecule has 96 valence electrons. The molecule has 16 heavy (non-hydrogen) atoms. The van der Waals surface area contributed by atoms with Gasteiger partial charge in [-0.1, -0.05) is 6.92 Å². The van der Waals surface area contributed by atoms with Crippen LogP contribution in [0.2, 0.25) is 0 Å². The van der Waals surface area contributed by atoms with Crippen LogP contribution in [0.1, 0.15) is 6.92 Å². The van der Waals surface area contributed by atoms with Crippen molar-refractivity contribution in [2.24, 2.45) is 5.92 Å². The lowest BCUT2D eigenvalue weighted by molar-refractivity contribution is -0.156. The molecule has 7 heteroatoms. The van der Waals surface area contributed by atoms with Gasteiger partial charge in [-0.3, -0.25) is 4.79 Å². The maximum absolute atomic E-state index is 11.9. The quantitative estimate of drug-likeness (QED) is 0.783. The monoisotopic (exact) mass is 259 g/mol. The first-order valence-corrected chi connectivity index (χ1v) is 5.91. The van der Waals surface area contributed by atoms with E-state index in [1.165, 1.54) is 11.8 Å². The first-order valence-electron chi connectivity index (χ1n) is 4.75. The average molecular weight is 259 g/mol. The summed E-state index contributed by atoms with van der Waals surface area (Å²) >= 11 is 1.23. The summed E-state index contributed by atoms with van der Waals surface area (Å²) in [6.07, 6.45) is -4.35. The van der Waals surface area contributed by atoms with Crippen molar-refractivity contribution in [2.45, 2.75) is 13.1 Å². The highest BCUT2D eigenvalue weighted by molar-refractivity contribution is 7.99. The average Bonchev–Trinajstić information content (AvgIpc) is 2.14. The highest BCUT2D eigenvalue weighted by atomic mass is 32.2. The van der Waals surface area contributed by atoms with E-state index in [1.54, 1.807) is 6.92 Å². The molecule has 0 saturated carbocycles.